The van der Waals surface area contributed by atoms with E-state index in [-0.39, 0.29) is 5.41 Å². The highest BCUT2D eigenvalue weighted by atomic mass is 15.0. The molecule has 2 heterocycles. The van der Waals surface area contributed by atoms with Crippen molar-refractivity contribution in [3.63, 3.8) is 0 Å². The lowest BCUT2D eigenvalue weighted by atomic mass is 9.96. The van der Waals surface area contributed by atoms with Crippen LogP contribution in [-0.2, 0) is 6.54 Å². The van der Waals surface area contributed by atoms with Crippen molar-refractivity contribution in [1.82, 2.24) is 14.5 Å². The molecule has 2 N–H and O–H groups in total. The van der Waals surface area contributed by atoms with Gasteiger partial charge in [0.05, 0.1) is 18.2 Å². The Kier molecular flexibility index (Phi) is 2.88. The smallest absolute Gasteiger partial charge is 0.123 e. The normalized spacial score (nSPS) is 11.7. The maximum absolute atomic E-state index is 5.70. The van der Waals surface area contributed by atoms with Gasteiger partial charge in [-0.05, 0) is 17.5 Å². The summed E-state index contributed by atoms with van der Waals surface area (Å²) in [6, 6.07) is 3.82. The van der Waals surface area contributed by atoms with Crippen LogP contribution >= 0.6 is 0 Å². The van der Waals surface area contributed by atoms with E-state index < -0.39 is 0 Å². The number of anilines is 1. The van der Waals surface area contributed by atoms with E-state index in [2.05, 4.69) is 35.3 Å². The van der Waals surface area contributed by atoms with Crippen LogP contribution < -0.4 is 5.73 Å². The third-order valence-corrected chi connectivity index (χ3v) is 2.43. The minimum absolute atomic E-state index is 0.216. The van der Waals surface area contributed by atoms with Gasteiger partial charge in [-0.15, -0.1) is 0 Å². The Morgan fingerprint density at radius 2 is 2.12 bits per heavy atom. The van der Waals surface area contributed by atoms with Crippen LogP contribution in [-0.4, -0.2) is 14.5 Å². The van der Waals surface area contributed by atoms with Crippen LogP contribution in [0.4, 0.5) is 5.82 Å². The molecule has 0 spiro atoms. The second-order valence-corrected chi connectivity index (χ2v) is 5.44. The van der Waals surface area contributed by atoms with Crippen molar-refractivity contribution < 1.29 is 0 Å². The Hall–Kier alpha value is -1.84. The second kappa shape index (κ2) is 4.20. The van der Waals surface area contributed by atoms with Gasteiger partial charge in [0.15, 0.2) is 0 Å². The molecular formula is C13H18N4. The van der Waals surface area contributed by atoms with Crippen molar-refractivity contribution in [3.05, 3.63) is 30.9 Å². The molecular weight excluding hydrogens is 212 g/mol. The molecule has 2 aromatic rings. The summed E-state index contributed by atoms with van der Waals surface area (Å²) in [6.07, 6.45) is 5.44. The number of pyridine rings is 1. The summed E-state index contributed by atoms with van der Waals surface area (Å²) >= 11 is 0. The van der Waals surface area contributed by atoms with Gasteiger partial charge in [0.1, 0.15) is 5.82 Å². The van der Waals surface area contributed by atoms with E-state index in [1.807, 2.05) is 24.7 Å². The van der Waals surface area contributed by atoms with Gasteiger partial charge >= 0.3 is 0 Å². The molecule has 0 aromatic carbocycles. The van der Waals surface area contributed by atoms with Crippen LogP contribution in [0.1, 0.15) is 20.8 Å². The first kappa shape index (κ1) is 11.6. The maximum atomic E-state index is 5.70. The summed E-state index contributed by atoms with van der Waals surface area (Å²) in [5.74, 6) is 0.533. The van der Waals surface area contributed by atoms with Crippen molar-refractivity contribution in [2.45, 2.75) is 27.3 Å². The number of hydrogen-bond acceptors (Lipinski definition) is 3. The molecule has 17 heavy (non-hydrogen) atoms. The van der Waals surface area contributed by atoms with E-state index in [0.29, 0.717) is 5.82 Å². The van der Waals surface area contributed by atoms with Crippen LogP contribution in [0, 0.1) is 5.41 Å². The summed E-state index contributed by atoms with van der Waals surface area (Å²) in [5, 5.41) is 0. The first-order chi connectivity index (χ1) is 7.96. The van der Waals surface area contributed by atoms with Crippen molar-refractivity contribution in [1.29, 1.82) is 0 Å². The fourth-order valence-electron chi connectivity index (χ4n) is 1.81. The summed E-state index contributed by atoms with van der Waals surface area (Å²) in [5.41, 5.74) is 8.05. The lowest BCUT2D eigenvalue weighted by Crippen LogP contribution is -2.15. The van der Waals surface area contributed by atoms with E-state index >= 15 is 0 Å². The molecule has 4 nitrogen and oxygen atoms in total. The Bertz CT molecular complexity index is 508. The number of nitrogens with zero attached hydrogens (tertiary/aromatic N) is 3. The van der Waals surface area contributed by atoms with Crippen molar-refractivity contribution in [3.8, 4) is 11.3 Å². The lowest BCUT2D eigenvalue weighted by molar-refractivity contribution is 0.345. The molecule has 0 aliphatic heterocycles. The average Bonchev–Trinajstić information content (AvgIpc) is 2.63. The maximum Gasteiger partial charge on any atom is 0.123 e. The Morgan fingerprint density at radius 3 is 2.76 bits per heavy atom. The van der Waals surface area contributed by atoms with E-state index in [1.54, 1.807) is 6.20 Å². The van der Waals surface area contributed by atoms with Gasteiger partial charge < -0.3 is 10.3 Å². The van der Waals surface area contributed by atoms with E-state index in [0.717, 1.165) is 17.8 Å². The van der Waals surface area contributed by atoms with Crippen molar-refractivity contribution in [2.75, 3.05) is 5.73 Å². The van der Waals surface area contributed by atoms with Crippen LogP contribution in [0.3, 0.4) is 0 Å². The van der Waals surface area contributed by atoms with Gasteiger partial charge in [0, 0.05) is 18.3 Å². The summed E-state index contributed by atoms with van der Waals surface area (Å²) in [6.45, 7) is 7.54. The highest BCUT2D eigenvalue weighted by Gasteiger charge is 2.14. The Labute approximate surface area is 102 Å². The van der Waals surface area contributed by atoms with Gasteiger partial charge in [0.25, 0.3) is 0 Å². The van der Waals surface area contributed by atoms with E-state index in [9.17, 15) is 0 Å². The Morgan fingerprint density at radius 1 is 1.35 bits per heavy atom. The molecule has 0 bridgehead atoms. The topological polar surface area (TPSA) is 56.7 Å². The van der Waals surface area contributed by atoms with Gasteiger partial charge in [-0.1, -0.05) is 20.8 Å². The minimum Gasteiger partial charge on any atom is -0.384 e. The SMILES string of the molecule is CC(C)(C)Cn1cncc1-c1ccnc(N)c1. The molecule has 2 rings (SSSR count). The van der Waals surface area contributed by atoms with Crippen molar-refractivity contribution >= 4 is 5.82 Å². The van der Waals surface area contributed by atoms with Gasteiger partial charge in [0.2, 0.25) is 0 Å². The predicted molar refractivity (Wildman–Crippen MR) is 69.3 cm³/mol. The number of rotatable bonds is 2. The molecule has 0 radical (unpaired) electrons. The first-order valence-corrected chi connectivity index (χ1v) is 5.68. The molecule has 4 heteroatoms. The zero-order valence-electron chi connectivity index (χ0n) is 10.5. The van der Waals surface area contributed by atoms with Crippen LogP contribution in [0.5, 0.6) is 0 Å². The van der Waals surface area contributed by atoms with Crippen LogP contribution in [0.25, 0.3) is 11.3 Å². The number of imidazole rings is 1. The van der Waals surface area contributed by atoms with Gasteiger partial charge in [-0.3, -0.25) is 0 Å². The average molecular weight is 230 g/mol. The zero-order chi connectivity index (χ0) is 12.5. The number of aromatic nitrogens is 3. The molecule has 90 valence electrons. The summed E-state index contributed by atoms with van der Waals surface area (Å²) < 4.78 is 2.15. The minimum atomic E-state index is 0.216. The summed E-state index contributed by atoms with van der Waals surface area (Å²) in [4.78, 5) is 8.22. The second-order valence-electron chi connectivity index (χ2n) is 5.44. The quantitative estimate of drug-likeness (QED) is 0.862. The largest absolute Gasteiger partial charge is 0.384 e. The van der Waals surface area contributed by atoms with Crippen LogP contribution in [0.15, 0.2) is 30.9 Å². The molecule has 0 aliphatic carbocycles. The zero-order valence-corrected chi connectivity index (χ0v) is 10.5. The standard InChI is InChI=1S/C13H18N4/c1-13(2,3)8-17-9-15-7-11(17)10-4-5-16-12(14)6-10/h4-7,9H,8H2,1-3H3,(H2,14,16). The van der Waals surface area contributed by atoms with Crippen LogP contribution in [0.2, 0.25) is 0 Å². The molecule has 0 amide bonds. The molecule has 2 aromatic heterocycles. The highest BCUT2D eigenvalue weighted by Crippen LogP contribution is 2.24. The molecule has 0 saturated heterocycles. The third kappa shape index (κ3) is 2.84. The fourth-order valence-corrected chi connectivity index (χ4v) is 1.81. The van der Waals surface area contributed by atoms with E-state index in [1.165, 1.54) is 0 Å². The lowest BCUT2D eigenvalue weighted by Gasteiger charge is -2.20. The van der Waals surface area contributed by atoms with Crippen molar-refractivity contribution in [2.24, 2.45) is 5.41 Å². The monoisotopic (exact) mass is 230 g/mol. The predicted octanol–water partition coefficient (Wildman–Crippen LogP) is 2.57. The number of nitrogen functional groups attached to an aromatic ring is 1. The number of hydrogen-bond donors (Lipinski definition) is 1. The third-order valence-electron chi connectivity index (χ3n) is 2.43. The molecule has 0 fully saturated rings. The summed E-state index contributed by atoms with van der Waals surface area (Å²) in [7, 11) is 0. The highest BCUT2D eigenvalue weighted by molar-refractivity contribution is 5.61. The Balaban J connectivity index is 2.37. The first-order valence-electron chi connectivity index (χ1n) is 5.68. The van der Waals surface area contributed by atoms with E-state index in [4.69, 9.17) is 5.73 Å². The number of nitrogens with two attached hydrogens (primary N) is 1. The van der Waals surface area contributed by atoms with Gasteiger partial charge in [-0.2, -0.15) is 0 Å². The molecule has 0 atom stereocenters. The molecule has 0 aliphatic rings. The van der Waals surface area contributed by atoms with Gasteiger partial charge in [-0.25, -0.2) is 9.97 Å². The fraction of sp³-hybridized carbons (Fsp3) is 0.385. The molecule has 0 saturated carbocycles. The molecule has 0 unspecified atom stereocenters.